The highest BCUT2D eigenvalue weighted by atomic mass is 32.1. The van der Waals surface area contributed by atoms with E-state index in [9.17, 15) is 13.9 Å². The summed E-state index contributed by atoms with van der Waals surface area (Å²) in [6.45, 7) is 0.504. The van der Waals surface area contributed by atoms with Gasteiger partial charge in [0.15, 0.2) is 5.11 Å². The Morgan fingerprint density at radius 3 is 2.77 bits per heavy atom. The van der Waals surface area contributed by atoms with Crippen LogP contribution < -0.4 is 11.3 Å². The van der Waals surface area contributed by atoms with Crippen molar-refractivity contribution in [1.82, 2.24) is 19.8 Å². The lowest BCUT2D eigenvalue weighted by molar-refractivity contribution is -0.187. The van der Waals surface area contributed by atoms with Gasteiger partial charge >= 0.3 is 0 Å². The zero-order valence-corrected chi connectivity index (χ0v) is 13.0. The molecule has 1 aromatic rings. The van der Waals surface area contributed by atoms with E-state index in [2.05, 4.69) is 5.43 Å². The third-order valence-corrected chi connectivity index (χ3v) is 4.74. The van der Waals surface area contributed by atoms with E-state index in [1.54, 1.807) is 0 Å². The van der Waals surface area contributed by atoms with Crippen molar-refractivity contribution in [2.75, 3.05) is 19.6 Å². The van der Waals surface area contributed by atoms with Crippen molar-refractivity contribution in [3.8, 4) is 0 Å². The molecule has 6 nitrogen and oxygen atoms in total. The fraction of sp³-hybridized carbons (Fsp3) is 0.615. The summed E-state index contributed by atoms with van der Waals surface area (Å²) in [7, 11) is 1.83. The number of aromatic nitrogens is 1. The Hall–Kier alpha value is -1.29. The highest BCUT2D eigenvalue weighted by Gasteiger charge is 2.47. The van der Waals surface area contributed by atoms with Gasteiger partial charge in [0.2, 0.25) is 0 Å². The molecule has 3 heterocycles. The van der Waals surface area contributed by atoms with E-state index in [4.69, 9.17) is 18.1 Å². The van der Waals surface area contributed by atoms with Gasteiger partial charge in [0, 0.05) is 19.3 Å². The van der Waals surface area contributed by atoms with Gasteiger partial charge in [-0.05, 0) is 30.3 Å². The van der Waals surface area contributed by atoms with Crippen LogP contribution >= 0.6 is 12.2 Å². The molecule has 0 amide bonds. The molecule has 0 spiro atoms. The maximum atomic E-state index is 13.0. The molecule has 4 N–H and O–H groups in total. The van der Waals surface area contributed by atoms with Crippen LogP contribution in [0, 0.1) is 0 Å². The van der Waals surface area contributed by atoms with E-state index in [0.717, 1.165) is 24.2 Å². The minimum atomic E-state index is -2.69. The van der Waals surface area contributed by atoms with Crippen molar-refractivity contribution >= 4 is 17.3 Å². The minimum Gasteiger partial charge on any atom is -0.373 e. The van der Waals surface area contributed by atoms with Crippen LogP contribution in [0.2, 0.25) is 0 Å². The number of aliphatic hydroxyl groups excluding tert-OH is 1. The number of thiocarbonyl (C=S) groups is 1. The third kappa shape index (κ3) is 2.58. The minimum absolute atomic E-state index is 0.405. The monoisotopic (exact) mass is 331 g/mol. The van der Waals surface area contributed by atoms with Crippen molar-refractivity contribution in [1.29, 1.82) is 0 Å². The molecule has 0 bridgehead atoms. The van der Waals surface area contributed by atoms with E-state index in [-0.39, 0.29) is 0 Å². The number of alkyl halides is 2. The molecule has 1 unspecified atom stereocenters. The maximum absolute atomic E-state index is 13.0. The number of likely N-dealkylation sites (tertiary alicyclic amines) is 1. The Kier molecular flexibility index (Phi) is 3.84. The predicted molar refractivity (Wildman–Crippen MR) is 80.9 cm³/mol. The van der Waals surface area contributed by atoms with Gasteiger partial charge in [-0.1, -0.05) is 0 Å². The number of rotatable bonds is 2. The number of hydrogen-bond acceptors (Lipinski definition) is 4. The largest absolute Gasteiger partial charge is 0.373 e. The Morgan fingerprint density at radius 1 is 1.50 bits per heavy atom. The standard InChI is InChI=1S/C13H19F2N5OS/c1-18-9(11(21)20-6-13(14,15)7-20)4-8-2-3-19(5-10(8)18)12(22)17-16/h4,11,21H,2-3,5-7,16H2,1H3,(H,17,22). The molecular formula is C13H19F2N5OS. The number of nitrogens with zero attached hydrogens (tertiary/aromatic N) is 3. The number of aliphatic hydroxyl groups is 1. The fourth-order valence-corrected chi connectivity index (χ4v) is 3.25. The number of halogens is 2. The average molecular weight is 331 g/mol. The third-order valence-electron chi connectivity index (χ3n) is 4.37. The Morgan fingerprint density at radius 2 is 2.18 bits per heavy atom. The first-order chi connectivity index (χ1) is 10.3. The van der Waals surface area contributed by atoms with Crippen molar-refractivity contribution < 1.29 is 13.9 Å². The normalized spacial score (nSPS) is 22.0. The zero-order valence-electron chi connectivity index (χ0n) is 12.2. The number of hydrazine groups is 1. The molecule has 2 aliphatic heterocycles. The maximum Gasteiger partial charge on any atom is 0.273 e. The number of hydrogen-bond donors (Lipinski definition) is 3. The van der Waals surface area contributed by atoms with Crippen LogP contribution in [-0.4, -0.2) is 50.1 Å². The molecule has 1 saturated heterocycles. The van der Waals surface area contributed by atoms with Crippen molar-refractivity contribution in [2.45, 2.75) is 25.1 Å². The lowest BCUT2D eigenvalue weighted by Gasteiger charge is -2.41. The lowest BCUT2D eigenvalue weighted by atomic mass is 10.1. The molecule has 1 atom stereocenters. The lowest BCUT2D eigenvalue weighted by Crippen LogP contribution is -2.57. The van der Waals surface area contributed by atoms with Crippen LogP contribution in [0.5, 0.6) is 0 Å². The first-order valence-electron chi connectivity index (χ1n) is 7.05. The highest BCUT2D eigenvalue weighted by Crippen LogP contribution is 2.35. The number of fused-ring (bicyclic) bond motifs is 1. The Bertz CT molecular complexity index is 597. The van der Waals surface area contributed by atoms with Crippen LogP contribution in [0.15, 0.2) is 6.07 Å². The molecule has 22 heavy (non-hydrogen) atoms. The first-order valence-corrected chi connectivity index (χ1v) is 7.46. The van der Waals surface area contributed by atoms with E-state index in [0.29, 0.717) is 17.4 Å². The number of nitrogens with two attached hydrogens (primary N) is 1. The molecular weight excluding hydrogens is 312 g/mol. The molecule has 3 rings (SSSR count). The van der Waals surface area contributed by atoms with Gasteiger partial charge < -0.3 is 20.0 Å². The van der Waals surface area contributed by atoms with E-state index >= 15 is 0 Å². The SMILES string of the molecule is Cn1c(C(O)N2CC(F)(F)C2)cc2c1CN(C(=S)NN)CC2. The molecule has 0 saturated carbocycles. The summed E-state index contributed by atoms with van der Waals surface area (Å²) >= 11 is 5.14. The van der Waals surface area contributed by atoms with Gasteiger partial charge in [-0.15, -0.1) is 0 Å². The van der Waals surface area contributed by atoms with Crippen molar-refractivity contribution in [3.05, 3.63) is 23.0 Å². The summed E-state index contributed by atoms with van der Waals surface area (Å²) in [4.78, 5) is 3.30. The fourth-order valence-electron chi connectivity index (χ4n) is 3.09. The van der Waals surface area contributed by atoms with Crippen LogP contribution in [0.25, 0.3) is 0 Å². The highest BCUT2D eigenvalue weighted by molar-refractivity contribution is 7.80. The second-order valence-electron chi connectivity index (χ2n) is 5.86. The molecule has 0 aromatic carbocycles. The van der Waals surface area contributed by atoms with Gasteiger partial charge in [0.25, 0.3) is 5.92 Å². The summed E-state index contributed by atoms with van der Waals surface area (Å²) in [5, 5.41) is 10.8. The quantitative estimate of drug-likeness (QED) is 0.405. The summed E-state index contributed by atoms with van der Waals surface area (Å²) < 4.78 is 27.8. The first kappa shape index (κ1) is 15.6. The zero-order chi connectivity index (χ0) is 16.1. The Labute approximate surface area is 132 Å². The summed E-state index contributed by atoms with van der Waals surface area (Å²) in [5.74, 6) is 2.65. The molecule has 0 radical (unpaired) electrons. The molecule has 2 aliphatic rings. The molecule has 0 aliphatic carbocycles. The molecule has 1 aromatic heterocycles. The van der Waals surface area contributed by atoms with Gasteiger partial charge in [0.1, 0.15) is 6.23 Å². The second-order valence-corrected chi connectivity index (χ2v) is 6.24. The predicted octanol–water partition coefficient (Wildman–Crippen LogP) is 0.0732. The molecule has 122 valence electrons. The van der Waals surface area contributed by atoms with E-state index < -0.39 is 25.2 Å². The van der Waals surface area contributed by atoms with Crippen molar-refractivity contribution in [2.24, 2.45) is 12.9 Å². The van der Waals surface area contributed by atoms with E-state index in [1.165, 1.54) is 4.90 Å². The topological polar surface area (TPSA) is 69.7 Å². The molecule has 1 fully saturated rings. The summed E-state index contributed by atoms with van der Waals surface area (Å²) in [6.07, 6.45) is -0.239. The van der Waals surface area contributed by atoms with Crippen LogP contribution in [-0.2, 0) is 20.0 Å². The average Bonchev–Trinajstić information content (AvgIpc) is 2.80. The van der Waals surface area contributed by atoms with Crippen LogP contribution in [0.1, 0.15) is 23.2 Å². The summed E-state index contributed by atoms with van der Waals surface area (Å²) in [5.41, 5.74) is 5.23. The second kappa shape index (κ2) is 5.41. The summed E-state index contributed by atoms with van der Waals surface area (Å²) in [6, 6.07) is 1.90. The van der Waals surface area contributed by atoms with Gasteiger partial charge in [-0.3, -0.25) is 4.90 Å². The van der Waals surface area contributed by atoms with Crippen LogP contribution in [0.4, 0.5) is 8.78 Å². The van der Waals surface area contributed by atoms with Crippen molar-refractivity contribution in [3.63, 3.8) is 0 Å². The molecule has 9 heteroatoms. The Balaban J connectivity index is 1.79. The smallest absolute Gasteiger partial charge is 0.273 e. The number of nitrogens with one attached hydrogen (secondary N) is 1. The van der Waals surface area contributed by atoms with Gasteiger partial charge in [-0.25, -0.2) is 14.6 Å². The van der Waals surface area contributed by atoms with Gasteiger partial charge in [0.05, 0.1) is 25.3 Å². The van der Waals surface area contributed by atoms with Gasteiger partial charge in [-0.2, -0.15) is 0 Å². The van der Waals surface area contributed by atoms with Crippen LogP contribution in [0.3, 0.4) is 0 Å². The van der Waals surface area contributed by atoms with E-state index in [1.807, 2.05) is 22.6 Å².